The summed E-state index contributed by atoms with van der Waals surface area (Å²) in [5.41, 5.74) is -0.843. The second kappa shape index (κ2) is 9.62. The van der Waals surface area contributed by atoms with Gasteiger partial charge in [-0.25, -0.2) is 9.18 Å². The molecule has 1 aliphatic heterocycles. The van der Waals surface area contributed by atoms with Crippen LogP contribution in [-0.2, 0) is 4.74 Å². The highest BCUT2D eigenvalue weighted by Gasteiger charge is 2.27. The number of likely N-dealkylation sites (tertiary alicyclic amines) is 1. The smallest absolute Gasteiger partial charge is 0.410 e. The van der Waals surface area contributed by atoms with Crippen LogP contribution in [0.5, 0.6) is 0 Å². The number of anilines is 2. The van der Waals surface area contributed by atoms with Crippen molar-refractivity contribution in [2.45, 2.75) is 45.3 Å². The number of carbonyl (C=O) groups is 1. The molecular weight excluding hydrogens is 387 g/mol. The summed E-state index contributed by atoms with van der Waals surface area (Å²) >= 11 is 0. The Bertz CT molecular complexity index is 938. The number of piperidine rings is 1. The summed E-state index contributed by atoms with van der Waals surface area (Å²) in [4.78, 5) is 13.8. The van der Waals surface area contributed by atoms with Crippen LogP contribution in [0.15, 0.2) is 29.5 Å². The van der Waals surface area contributed by atoms with Crippen molar-refractivity contribution in [2.24, 2.45) is 0 Å². The molecule has 2 N–H and O–H groups in total. The Morgan fingerprint density at radius 1 is 1.17 bits per heavy atom. The highest BCUT2D eigenvalue weighted by molar-refractivity contribution is 5.74. The fourth-order valence-electron chi connectivity index (χ4n) is 2.93. The van der Waals surface area contributed by atoms with Crippen molar-refractivity contribution in [2.75, 3.05) is 23.7 Å². The van der Waals surface area contributed by atoms with Gasteiger partial charge < -0.3 is 20.3 Å². The number of hydrogen-bond acceptors (Lipinski definition) is 7. The molecule has 0 bridgehead atoms. The maximum atomic E-state index is 14.5. The van der Waals surface area contributed by atoms with Gasteiger partial charge in [0.1, 0.15) is 35.3 Å². The van der Waals surface area contributed by atoms with Gasteiger partial charge in [0, 0.05) is 19.1 Å². The van der Waals surface area contributed by atoms with E-state index in [1.807, 2.05) is 0 Å². The Labute approximate surface area is 175 Å². The van der Waals surface area contributed by atoms with Crippen LogP contribution >= 0.6 is 0 Å². The molecule has 30 heavy (non-hydrogen) atoms. The molecule has 1 saturated heterocycles. The first kappa shape index (κ1) is 22.5. The zero-order valence-electron chi connectivity index (χ0n) is 17.1. The van der Waals surface area contributed by atoms with Crippen molar-refractivity contribution < 1.29 is 13.9 Å². The number of nitrogens with zero attached hydrogens (tertiary/aromatic N) is 4. The molecule has 1 aliphatic rings. The van der Waals surface area contributed by atoms with Gasteiger partial charge >= 0.3 is 6.09 Å². The lowest BCUT2D eigenvalue weighted by Gasteiger charge is -2.34. The van der Waals surface area contributed by atoms with Crippen LogP contribution in [0.3, 0.4) is 0 Å². The number of benzene rings is 1. The molecule has 0 aromatic heterocycles. The fourth-order valence-corrected chi connectivity index (χ4v) is 2.93. The zero-order chi connectivity index (χ0) is 22.3. The molecule has 0 radical (unpaired) electrons. The summed E-state index contributed by atoms with van der Waals surface area (Å²) in [6.07, 6.45) is 0.782. The predicted octanol–water partition coefficient (Wildman–Crippen LogP) is 3.87. The molecule has 1 fully saturated rings. The SMILES string of the molecule is CC(C)(C)OC(=O)N1CCC(Nc2c(F)cccc2NC(C#N)=C(C#N)C#N)CC1. The Hall–Kier alpha value is -3.77. The Morgan fingerprint density at radius 3 is 2.33 bits per heavy atom. The Morgan fingerprint density at radius 2 is 1.80 bits per heavy atom. The van der Waals surface area contributed by atoms with Crippen LogP contribution in [0.1, 0.15) is 33.6 Å². The van der Waals surface area contributed by atoms with E-state index in [0.29, 0.717) is 25.9 Å². The highest BCUT2D eigenvalue weighted by atomic mass is 19.1. The zero-order valence-corrected chi connectivity index (χ0v) is 17.1. The van der Waals surface area contributed by atoms with Crippen LogP contribution < -0.4 is 10.6 Å². The van der Waals surface area contributed by atoms with Gasteiger partial charge in [-0.1, -0.05) is 6.07 Å². The molecular formula is C21H23FN6O2. The van der Waals surface area contributed by atoms with Crippen LogP contribution in [0.2, 0.25) is 0 Å². The molecule has 156 valence electrons. The van der Waals surface area contributed by atoms with E-state index in [4.69, 9.17) is 15.3 Å². The molecule has 0 aliphatic carbocycles. The van der Waals surface area contributed by atoms with E-state index < -0.39 is 17.0 Å². The third kappa shape index (κ3) is 5.86. The van der Waals surface area contributed by atoms with Crippen molar-refractivity contribution >= 4 is 17.5 Å². The first-order valence-corrected chi connectivity index (χ1v) is 9.43. The molecule has 8 nitrogen and oxygen atoms in total. The Kier molecular flexibility index (Phi) is 7.22. The van der Waals surface area contributed by atoms with Gasteiger partial charge in [-0.2, -0.15) is 15.8 Å². The van der Waals surface area contributed by atoms with E-state index in [1.54, 1.807) is 49.9 Å². The maximum absolute atomic E-state index is 14.5. The number of carbonyl (C=O) groups excluding carboxylic acids is 1. The first-order valence-electron chi connectivity index (χ1n) is 9.43. The largest absolute Gasteiger partial charge is 0.444 e. The lowest BCUT2D eigenvalue weighted by molar-refractivity contribution is 0.0210. The van der Waals surface area contributed by atoms with Crippen LogP contribution in [0, 0.1) is 39.8 Å². The van der Waals surface area contributed by atoms with Crippen molar-refractivity contribution in [3.63, 3.8) is 0 Å². The van der Waals surface area contributed by atoms with Gasteiger partial charge in [0.25, 0.3) is 0 Å². The molecule has 0 saturated carbocycles. The van der Waals surface area contributed by atoms with Crippen molar-refractivity contribution in [3.8, 4) is 18.2 Å². The molecule has 0 atom stereocenters. The summed E-state index contributed by atoms with van der Waals surface area (Å²) in [6.45, 7) is 6.33. The summed E-state index contributed by atoms with van der Waals surface area (Å²) in [5, 5.41) is 33.0. The lowest BCUT2D eigenvalue weighted by Crippen LogP contribution is -2.44. The van der Waals surface area contributed by atoms with E-state index in [-0.39, 0.29) is 29.2 Å². The average Bonchev–Trinajstić information content (AvgIpc) is 2.69. The molecule has 1 aromatic carbocycles. The van der Waals surface area contributed by atoms with Gasteiger partial charge in [0.2, 0.25) is 0 Å². The number of halogens is 1. The standard InChI is InChI=1S/C21H23FN6O2/c1-21(2,3)30-20(29)28-9-7-15(8-10-28)26-19-16(22)5-4-6-17(19)27-18(13-25)14(11-23)12-24/h4-6,15,26-27H,7-10H2,1-3H3. The van der Waals surface area contributed by atoms with Gasteiger partial charge in [-0.3, -0.25) is 0 Å². The predicted molar refractivity (Wildman–Crippen MR) is 108 cm³/mol. The van der Waals surface area contributed by atoms with Gasteiger partial charge in [0.05, 0.1) is 11.4 Å². The molecule has 1 aromatic rings. The topological polar surface area (TPSA) is 125 Å². The number of hydrogen-bond donors (Lipinski definition) is 2. The molecule has 0 spiro atoms. The average molecular weight is 410 g/mol. The lowest BCUT2D eigenvalue weighted by atomic mass is 10.0. The third-order valence-corrected chi connectivity index (χ3v) is 4.35. The van der Waals surface area contributed by atoms with Gasteiger partial charge in [-0.15, -0.1) is 0 Å². The number of para-hydroxylation sites is 1. The van der Waals surface area contributed by atoms with E-state index in [9.17, 15) is 14.4 Å². The third-order valence-electron chi connectivity index (χ3n) is 4.35. The number of allylic oxidation sites excluding steroid dienone is 2. The highest BCUT2D eigenvalue weighted by Crippen LogP contribution is 2.29. The maximum Gasteiger partial charge on any atom is 0.410 e. The molecule has 1 amide bonds. The summed E-state index contributed by atoms with van der Waals surface area (Å²) in [5.74, 6) is -0.540. The molecule has 1 heterocycles. The Balaban J connectivity index is 2.11. The van der Waals surface area contributed by atoms with Crippen molar-refractivity contribution in [3.05, 3.63) is 35.3 Å². The van der Waals surface area contributed by atoms with Crippen LogP contribution in [0.25, 0.3) is 0 Å². The first-order chi connectivity index (χ1) is 14.2. The number of ether oxygens (including phenoxy) is 1. The number of nitrogens with one attached hydrogen (secondary N) is 2. The normalized spacial score (nSPS) is 14.0. The second-order valence-electron chi connectivity index (χ2n) is 7.76. The summed E-state index contributed by atoms with van der Waals surface area (Å²) in [7, 11) is 0. The van der Waals surface area contributed by atoms with E-state index in [0.717, 1.165) is 0 Å². The van der Waals surface area contributed by atoms with E-state index >= 15 is 0 Å². The molecule has 2 rings (SSSR count). The summed E-state index contributed by atoms with van der Waals surface area (Å²) < 4.78 is 19.9. The number of amides is 1. The van der Waals surface area contributed by atoms with Gasteiger partial charge in [0.15, 0.2) is 5.57 Å². The second-order valence-corrected chi connectivity index (χ2v) is 7.76. The quantitative estimate of drug-likeness (QED) is 0.722. The van der Waals surface area contributed by atoms with Crippen molar-refractivity contribution in [1.29, 1.82) is 15.8 Å². The number of nitriles is 3. The number of rotatable bonds is 4. The van der Waals surface area contributed by atoms with Crippen LogP contribution in [-0.4, -0.2) is 35.7 Å². The van der Waals surface area contributed by atoms with Crippen LogP contribution in [0.4, 0.5) is 20.6 Å². The monoisotopic (exact) mass is 410 g/mol. The minimum absolute atomic E-state index is 0.109. The van der Waals surface area contributed by atoms with E-state index in [1.165, 1.54) is 12.1 Å². The van der Waals surface area contributed by atoms with Crippen molar-refractivity contribution in [1.82, 2.24) is 4.90 Å². The molecule has 9 heteroatoms. The summed E-state index contributed by atoms with van der Waals surface area (Å²) in [6, 6.07) is 9.20. The van der Waals surface area contributed by atoms with E-state index in [2.05, 4.69) is 10.6 Å². The fraction of sp³-hybridized carbons (Fsp3) is 0.429. The van der Waals surface area contributed by atoms with Gasteiger partial charge in [-0.05, 0) is 45.7 Å². The minimum atomic E-state index is -0.572. The molecule has 0 unspecified atom stereocenters. The minimum Gasteiger partial charge on any atom is -0.444 e.